The van der Waals surface area contributed by atoms with Crippen molar-refractivity contribution in [3.05, 3.63) is 58.5 Å². The third-order valence-corrected chi connectivity index (χ3v) is 4.90. The van der Waals surface area contributed by atoms with Crippen molar-refractivity contribution in [3.63, 3.8) is 0 Å². The largest absolute Gasteiger partial charge is 0.462 e. The van der Waals surface area contributed by atoms with E-state index in [0.29, 0.717) is 12.1 Å². The van der Waals surface area contributed by atoms with E-state index in [-0.39, 0.29) is 24.3 Å². The third kappa shape index (κ3) is 3.79. The number of aromatic nitrogens is 2. The Balaban J connectivity index is 2.13. The molecule has 1 aromatic heterocycles. The molecule has 0 fully saturated rings. The first-order valence-electron chi connectivity index (χ1n) is 9.42. The minimum atomic E-state index is -1.11. The van der Waals surface area contributed by atoms with Gasteiger partial charge in [-0.1, -0.05) is 20.8 Å². The number of hydrogen-bond donors (Lipinski definition) is 1. The second-order valence-electron chi connectivity index (χ2n) is 7.49. The number of aromatic amines is 1. The lowest BCUT2D eigenvalue weighted by Gasteiger charge is -2.29. The van der Waals surface area contributed by atoms with Crippen molar-refractivity contribution in [1.29, 1.82) is 0 Å². The van der Waals surface area contributed by atoms with E-state index in [4.69, 9.17) is 4.74 Å². The number of rotatable bonds is 4. The van der Waals surface area contributed by atoms with Gasteiger partial charge in [0.05, 0.1) is 6.61 Å². The average Bonchev–Trinajstić information content (AvgIpc) is 3.06. The molecular formula is C21H23F2N3O3. The van der Waals surface area contributed by atoms with Crippen LogP contribution in [0.1, 0.15) is 55.0 Å². The van der Waals surface area contributed by atoms with Crippen LogP contribution in [0.2, 0.25) is 0 Å². The highest BCUT2D eigenvalue weighted by Crippen LogP contribution is 2.37. The van der Waals surface area contributed by atoms with Gasteiger partial charge in [0.2, 0.25) is 0 Å². The lowest BCUT2D eigenvalue weighted by molar-refractivity contribution is -0.136. The Labute approximate surface area is 167 Å². The monoisotopic (exact) mass is 403 g/mol. The number of fused-ring (bicyclic) bond motifs is 1. The average molecular weight is 403 g/mol. The first-order chi connectivity index (χ1) is 13.7. The van der Waals surface area contributed by atoms with E-state index in [1.807, 2.05) is 20.8 Å². The van der Waals surface area contributed by atoms with E-state index in [9.17, 15) is 18.4 Å². The molecule has 6 nitrogen and oxygen atoms in total. The van der Waals surface area contributed by atoms with Gasteiger partial charge in [0.25, 0.3) is 5.91 Å². The number of ether oxygens (including phenoxy) is 1. The zero-order chi connectivity index (χ0) is 21.3. The van der Waals surface area contributed by atoms with Gasteiger partial charge in [-0.25, -0.2) is 13.6 Å². The number of benzene rings is 1. The zero-order valence-electron chi connectivity index (χ0n) is 16.8. The summed E-state index contributed by atoms with van der Waals surface area (Å²) in [6.45, 7) is 7.91. The lowest BCUT2D eigenvalue weighted by atomic mass is 9.81. The van der Waals surface area contributed by atoms with Crippen LogP contribution in [-0.2, 0) is 21.4 Å². The normalized spacial score (nSPS) is 15.4. The fourth-order valence-corrected chi connectivity index (χ4v) is 3.61. The van der Waals surface area contributed by atoms with E-state index in [1.54, 1.807) is 6.92 Å². The molecule has 0 aliphatic carbocycles. The number of amides is 1. The molecule has 0 unspecified atom stereocenters. The van der Waals surface area contributed by atoms with E-state index in [1.165, 1.54) is 17.2 Å². The van der Waals surface area contributed by atoms with Crippen LogP contribution in [0.25, 0.3) is 5.57 Å². The number of nitrogens with one attached hydrogen (secondary N) is 1. The van der Waals surface area contributed by atoms with Gasteiger partial charge in [-0.2, -0.15) is 5.10 Å². The van der Waals surface area contributed by atoms with Crippen LogP contribution in [0.5, 0.6) is 0 Å². The fraction of sp³-hybridized carbons (Fsp3) is 0.381. The number of halogens is 2. The van der Waals surface area contributed by atoms with Crippen molar-refractivity contribution < 1.29 is 23.1 Å². The summed E-state index contributed by atoms with van der Waals surface area (Å²) in [6, 6.07) is 2.97. The number of carbonyl (C=O) groups excluding carboxylic acids is 2. The molecule has 3 rings (SSSR count). The van der Waals surface area contributed by atoms with Crippen molar-refractivity contribution in [1.82, 2.24) is 15.1 Å². The summed E-state index contributed by atoms with van der Waals surface area (Å²) in [4.78, 5) is 27.0. The molecule has 0 radical (unpaired) electrons. The van der Waals surface area contributed by atoms with Crippen LogP contribution >= 0.6 is 0 Å². The molecule has 1 aliphatic rings. The molecule has 1 aliphatic heterocycles. The Hall–Kier alpha value is -3.03. The maximum Gasteiger partial charge on any atom is 0.341 e. The molecular weight excluding hydrogens is 380 g/mol. The number of nitrogens with zero attached hydrogens (tertiary/aromatic N) is 2. The molecule has 154 valence electrons. The molecule has 2 heterocycles. The number of carbonyl (C=O) groups is 2. The summed E-state index contributed by atoms with van der Waals surface area (Å²) < 4.78 is 32.1. The summed E-state index contributed by atoms with van der Waals surface area (Å²) in [7, 11) is 0. The maximum absolute atomic E-state index is 13.7. The van der Waals surface area contributed by atoms with Crippen molar-refractivity contribution in [2.45, 2.75) is 39.5 Å². The molecule has 1 N–H and O–H groups in total. The minimum Gasteiger partial charge on any atom is -0.462 e. The molecule has 29 heavy (non-hydrogen) atoms. The van der Waals surface area contributed by atoms with Gasteiger partial charge >= 0.3 is 5.97 Å². The molecule has 1 aromatic carbocycles. The molecule has 0 saturated heterocycles. The third-order valence-electron chi connectivity index (χ3n) is 4.90. The molecule has 0 saturated carbocycles. The second kappa shape index (κ2) is 7.77. The van der Waals surface area contributed by atoms with Gasteiger partial charge < -0.3 is 9.64 Å². The zero-order valence-corrected chi connectivity index (χ0v) is 16.8. The standard InChI is InChI=1S/C21H23F2N3O3/c1-5-16-17-18(25-24-16)13(20(28)29-6-2)10-26(11-21(17,3)4)19(27)12-7-8-14(22)15(23)9-12/h7-10H,5-6,11H2,1-4H3,(H,24,25). The van der Waals surface area contributed by atoms with Crippen LogP contribution in [-0.4, -0.2) is 40.1 Å². The van der Waals surface area contributed by atoms with Crippen LogP contribution in [0.3, 0.4) is 0 Å². The van der Waals surface area contributed by atoms with E-state index in [2.05, 4.69) is 10.2 Å². The van der Waals surface area contributed by atoms with E-state index < -0.39 is 28.9 Å². The topological polar surface area (TPSA) is 75.3 Å². The summed E-state index contributed by atoms with van der Waals surface area (Å²) in [5.41, 5.74) is 1.69. The van der Waals surface area contributed by atoms with Gasteiger partial charge in [0, 0.05) is 35.0 Å². The highest BCUT2D eigenvalue weighted by Gasteiger charge is 2.38. The Bertz CT molecular complexity index is 995. The van der Waals surface area contributed by atoms with Gasteiger partial charge in [0.15, 0.2) is 11.6 Å². The smallest absolute Gasteiger partial charge is 0.341 e. The van der Waals surface area contributed by atoms with E-state index >= 15 is 0 Å². The van der Waals surface area contributed by atoms with Crippen molar-refractivity contribution in [2.24, 2.45) is 0 Å². The Morgan fingerprint density at radius 1 is 1.24 bits per heavy atom. The second-order valence-corrected chi connectivity index (χ2v) is 7.49. The number of hydrogen-bond acceptors (Lipinski definition) is 4. The predicted molar refractivity (Wildman–Crippen MR) is 103 cm³/mol. The predicted octanol–water partition coefficient (Wildman–Crippen LogP) is 3.59. The van der Waals surface area contributed by atoms with Gasteiger partial charge in [-0.05, 0) is 31.5 Å². The summed E-state index contributed by atoms with van der Waals surface area (Å²) in [6.07, 6.45) is 2.05. The highest BCUT2D eigenvalue weighted by atomic mass is 19.2. The Morgan fingerprint density at radius 2 is 1.97 bits per heavy atom. The quantitative estimate of drug-likeness (QED) is 0.792. The SMILES string of the molecule is CCOC(=O)C1=CN(C(=O)c2ccc(F)c(F)c2)CC(C)(C)c2c1n[nH]c2CC. The summed E-state index contributed by atoms with van der Waals surface area (Å²) in [5, 5.41) is 7.29. The van der Waals surface area contributed by atoms with E-state index in [0.717, 1.165) is 23.4 Å². The van der Waals surface area contributed by atoms with Crippen LogP contribution in [0, 0.1) is 11.6 Å². The summed E-state index contributed by atoms with van der Waals surface area (Å²) >= 11 is 0. The molecule has 8 heteroatoms. The molecule has 0 atom stereocenters. The van der Waals surface area contributed by atoms with Crippen LogP contribution in [0.15, 0.2) is 24.4 Å². The first-order valence-corrected chi connectivity index (χ1v) is 9.42. The first kappa shape index (κ1) is 20.7. The van der Waals surface area contributed by atoms with Crippen LogP contribution < -0.4 is 0 Å². The lowest BCUT2D eigenvalue weighted by Crippen LogP contribution is -2.37. The van der Waals surface area contributed by atoms with Crippen molar-refractivity contribution >= 4 is 17.4 Å². The van der Waals surface area contributed by atoms with Crippen molar-refractivity contribution in [3.8, 4) is 0 Å². The fourth-order valence-electron chi connectivity index (χ4n) is 3.61. The Morgan fingerprint density at radius 3 is 2.59 bits per heavy atom. The summed E-state index contributed by atoms with van der Waals surface area (Å²) in [5.74, 6) is -3.30. The molecule has 0 spiro atoms. The number of aryl methyl sites for hydroxylation is 1. The minimum absolute atomic E-state index is 0.0176. The molecule has 1 amide bonds. The van der Waals surface area contributed by atoms with Gasteiger partial charge in [0.1, 0.15) is 11.3 Å². The molecule has 2 aromatic rings. The molecule has 0 bridgehead atoms. The number of H-pyrrole nitrogens is 1. The van der Waals surface area contributed by atoms with Gasteiger partial charge in [-0.3, -0.25) is 9.89 Å². The Kier molecular flexibility index (Phi) is 5.55. The van der Waals surface area contributed by atoms with Gasteiger partial charge in [-0.15, -0.1) is 0 Å². The number of esters is 1. The van der Waals surface area contributed by atoms with Crippen molar-refractivity contribution in [2.75, 3.05) is 13.2 Å². The van der Waals surface area contributed by atoms with Crippen LogP contribution in [0.4, 0.5) is 8.78 Å². The highest BCUT2D eigenvalue weighted by molar-refractivity contribution is 6.17. The maximum atomic E-state index is 13.7.